The first-order chi connectivity index (χ1) is 13.6. The Bertz CT molecular complexity index is 1030. The Balaban J connectivity index is 1.70. The van der Waals surface area contributed by atoms with Gasteiger partial charge in [-0.2, -0.15) is 0 Å². The number of carbonyl (C=O) groups excluding carboxylic acids is 2. The van der Waals surface area contributed by atoms with Gasteiger partial charge in [0.15, 0.2) is 0 Å². The van der Waals surface area contributed by atoms with E-state index in [0.717, 1.165) is 16.8 Å². The molecule has 0 spiro atoms. The molecule has 0 fully saturated rings. The summed E-state index contributed by atoms with van der Waals surface area (Å²) >= 11 is 0. The van der Waals surface area contributed by atoms with Crippen molar-refractivity contribution in [1.29, 1.82) is 0 Å². The fraction of sp³-hybridized carbons (Fsp3) is 0.136. The van der Waals surface area contributed by atoms with Crippen LogP contribution in [0, 0.1) is 6.92 Å². The summed E-state index contributed by atoms with van der Waals surface area (Å²) in [6, 6.07) is 18.2. The van der Waals surface area contributed by atoms with Crippen molar-refractivity contribution in [1.82, 2.24) is 4.98 Å². The highest BCUT2D eigenvalue weighted by Crippen LogP contribution is 2.37. The highest BCUT2D eigenvalue weighted by molar-refractivity contribution is 6.11. The molecule has 0 saturated carbocycles. The van der Waals surface area contributed by atoms with Crippen molar-refractivity contribution in [3.8, 4) is 0 Å². The van der Waals surface area contributed by atoms with Crippen molar-refractivity contribution in [3.63, 3.8) is 0 Å². The van der Waals surface area contributed by atoms with Crippen molar-refractivity contribution in [3.05, 3.63) is 89.1 Å². The first-order valence-electron chi connectivity index (χ1n) is 8.88. The molecule has 0 saturated heterocycles. The Hall–Kier alpha value is -3.67. The zero-order valence-corrected chi connectivity index (χ0v) is 15.5. The first kappa shape index (κ1) is 17.7. The van der Waals surface area contributed by atoms with E-state index < -0.39 is 12.1 Å². The maximum Gasteiger partial charge on any atom is 0.337 e. The minimum atomic E-state index is -0.400. The lowest BCUT2D eigenvalue weighted by Crippen LogP contribution is -2.32. The van der Waals surface area contributed by atoms with Gasteiger partial charge in [0.05, 0.1) is 12.7 Å². The minimum Gasteiger partial charge on any atom is -0.465 e. The van der Waals surface area contributed by atoms with Crippen LogP contribution in [0.5, 0.6) is 0 Å². The number of ether oxygens (including phenoxy) is 1. The predicted molar refractivity (Wildman–Crippen MR) is 106 cm³/mol. The van der Waals surface area contributed by atoms with Crippen LogP contribution in [0.15, 0.2) is 66.9 Å². The molecule has 0 bridgehead atoms. The molecule has 1 aromatic heterocycles. The SMILES string of the molecule is COC(=O)c1ccc(NC2c3ccccc3C(=O)N2c2ccc(C)cn2)cc1. The molecule has 6 heteroatoms. The van der Waals surface area contributed by atoms with Gasteiger partial charge in [0, 0.05) is 23.0 Å². The molecule has 1 N–H and O–H groups in total. The van der Waals surface area contributed by atoms with Gasteiger partial charge >= 0.3 is 5.97 Å². The lowest BCUT2D eigenvalue weighted by Gasteiger charge is -2.26. The molecule has 3 aromatic rings. The summed E-state index contributed by atoms with van der Waals surface area (Å²) in [5.74, 6) is 0.0875. The molecule has 1 unspecified atom stereocenters. The average Bonchev–Trinajstić information content (AvgIpc) is 3.01. The number of benzene rings is 2. The van der Waals surface area contributed by atoms with Gasteiger partial charge in [-0.15, -0.1) is 0 Å². The Morgan fingerprint density at radius 1 is 1.07 bits per heavy atom. The van der Waals surface area contributed by atoms with E-state index in [2.05, 4.69) is 10.3 Å². The fourth-order valence-corrected chi connectivity index (χ4v) is 3.28. The number of hydrogen-bond donors (Lipinski definition) is 1. The third-order valence-electron chi connectivity index (χ3n) is 4.71. The van der Waals surface area contributed by atoms with Gasteiger partial charge in [-0.25, -0.2) is 9.78 Å². The molecule has 1 amide bonds. The number of anilines is 2. The molecule has 1 aliphatic heterocycles. The van der Waals surface area contributed by atoms with Gasteiger partial charge in [-0.1, -0.05) is 24.3 Å². The fourth-order valence-electron chi connectivity index (χ4n) is 3.28. The molecule has 2 aromatic carbocycles. The lowest BCUT2D eigenvalue weighted by molar-refractivity contribution is 0.0600. The average molecular weight is 373 g/mol. The largest absolute Gasteiger partial charge is 0.465 e. The van der Waals surface area contributed by atoms with Crippen molar-refractivity contribution in [2.45, 2.75) is 13.1 Å². The quantitative estimate of drug-likeness (QED) is 0.701. The number of methoxy groups -OCH3 is 1. The molecular formula is C22H19N3O3. The Kier molecular flexibility index (Phi) is 4.53. The Labute approximate surface area is 162 Å². The number of carbonyl (C=O) groups is 2. The van der Waals surface area contributed by atoms with Crippen LogP contribution in [0.1, 0.15) is 38.0 Å². The molecule has 0 aliphatic carbocycles. The molecule has 2 heterocycles. The van der Waals surface area contributed by atoms with Crippen molar-refractivity contribution in [2.24, 2.45) is 0 Å². The molecule has 140 valence electrons. The summed E-state index contributed by atoms with van der Waals surface area (Å²) < 4.78 is 4.73. The van der Waals surface area contributed by atoms with Crippen LogP contribution in [-0.2, 0) is 4.74 Å². The van der Waals surface area contributed by atoms with Crippen LogP contribution in [0.25, 0.3) is 0 Å². The Morgan fingerprint density at radius 3 is 2.50 bits per heavy atom. The van der Waals surface area contributed by atoms with E-state index in [0.29, 0.717) is 16.9 Å². The number of esters is 1. The van der Waals surface area contributed by atoms with E-state index in [9.17, 15) is 9.59 Å². The maximum absolute atomic E-state index is 13.0. The molecular weight excluding hydrogens is 354 g/mol. The summed E-state index contributed by atoms with van der Waals surface area (Å²) in [6.45, 7) is 1.95. The lowest BCUT2D eigenvalue weighted by atomic mass is 10.1. The summed E-state index contributed by atoms with van der Waals surface area (Å²) in [7, 11) is 1.35. The number of nitrogens with zero attached hydrogens (tertiary/aromatic N) is 2. The van der Waals surface area contributed by atoms with Crippen LogP contribution in [0.4, 0.5) is 11.5 Å². The summed E-state index contributed by atoms with van der Waals surface area (Å²) in [6.07, 6.45) is 1.34. The number of hydrogen-bond acceptors (Lipinski definition) is 5. The van der Waals surface area contributed by atoms with Crippen LogP contribution in [0.3, 0.4) is 0 Å². The van der Waals surface area contributed by atoms with E-state index in [1.807, 2.05) is 43.3 Å². The second kappa shape index (κ2) is 7.15. The predicted octanol–water partition coefficient (Wildman–Crippen LogP) is 3.95. The molecule has 1 aliphatic rings. The number of rotatable bonds is 4. The van der Waals surface area contributed by atoms with E-state index in [1.54, 1.807) is 35.4 Å². The molecule has 6 nitrogen and oxygen atoms in total. The third kappa shape index (κ3) is 3.09. The van der Waals surface area contributed by atoms with E-state index in [4.69, 9.17) is 4.74 Å². The van der Waals surface area contributed by atoms with E-state index >= 15 is 0 Å². The van der Waals surface area contributed by atoms with Crippen molar-refractivity contribution in [2.75, 3.05) is 17.3 Å². The molecule has 28 heavy (non-hydrogen) atoms. The van der Waals surface area contributed by atoms with Crippen molar-refractivity contribution >= 4 is 23.4 Å². The van der Waals surface area contributed by atoms with Crippen LogP contribution >= 0.6 is 0 Å². The summed E-state index contributed by atoms with van der Waals surface area (Å²) in [5, 5.41) is 3.39. The zero-order valence-electron chi connectivity index (χ0n) is 15.5. The van der Waals surface area contributed by atoms with Gasteiger partial charge < -0.3 is 10.1 Å². The van der Waals surface area contributed by atoms with Crippen molar-refractivity contribution < 1.29 is 14.3 Å². The van der Waals surface area contributed by atoms with Gasteiger partial charge in [0.2, 0.25) is 0 Å². The normalized spacial score (nSPS) is 15.3. The topological polar surface area (TPSA) is 71.5 Å². The van der Waals surface area contributed by atoms with Gasteiger partial charge in [-0.05, 0) is 48.9 Å². The van der Waals surface area contributed by atoms with Crippen LogP contribution in [0.2, 0.25) is 0 Å². The number of aromatic nitrogens is 1. The second-order valence-corrected chi connectivity index (χ2v) is 6.57. The summed E-state index contributed by atoms with van der Waals surface area (Å²) in [5.41, 5.74) is 3.79. The number of nitrogens with one attached hydrogen (secondary N) is 1. The molecule has 0 radical (unpaired) electrons. The van der Waals surface area contributed by atoms with E-state index in [1.165, 1.54) is 7.11 Å². The van der Waals surface area contributed by atoms with Gasteiger partial charge in [0.25, 0.3) is 5.91 Å². The second-order valence-electron chi connectivity index (χ2n) is 6.57. The summed E-state index contributed by atoms with van der Waals surface area (Å²) in [4.78, 5) is 30.8. The number of fused-ring (bicyclic) bond motifs is 1. The highest BCUT2D eigenvalue weighted by Gasteiger charge is 2.38. The standard InChI is InChI=1S/C22H19N3O3/c1-14-7-12-19(23-13-14)25-20(17-5-3-4-6-18(17)21(25)26)24-16-10-8-15(9-11-16)22(27)28-2/h3-13,20,24H,1-2H3. The number of amides is 1. The maximum atomic E-state index is 13.0. The van der Waals surface area contributed by atoms with Crippen LogP contribution in [-0.4, -0.2) is 24.0 Å². The van der Waals surface area contributed by atoms with Crippen LogP contribution < -0.4 is 10.2 Å². The van der Waals surface area contributed by atoms with Gasteiger partial charge in [0.1, 0.15) is 12.0 Å². The third-order valence-corrected chi connectivity index (χ3v) is 4.71. The first-order valence-corrected chi connectivity index (χ1v) is 8.88. The minimum absolute atomic E-state index is 0.101. The van der Waals surface area contributed by atoms with Gasteiger partial charge in [-0.3, -0.25) is 9.69 Å². The Morgan fingerprint density at radius 2 is 1.82 bits per heavy atom. The zero-order chi connectivity index (χ0) is 19.7. The highest BCUT2D eigenvalue weighted by atomic mass is 16.5. The monoisotopic (exact) mass is 373 g/mol. The number of aryl methyl sites for hydroxylation is 1. The molecule has 1 atom stereocenters. The number of pyridine rings is 1. The smallest absolute Gasteiger partial charge is 0.337 e. The van der Waals surface area contributed by atoms with E-state index in [-0.39, 0.29) is 5.91 Å². The molecule has 4 rings (SSSR count).